The minimum Gasteiger partial charge on any atom is -0.325 e. The molecule has 1 atom stereocenters. The number of likely N-dealkylation sites (tertiary alicyclic amines) is 2. The van der Waals surface area contributed by atoms with Crippen molar-refractivity contribution in [3.05, 3.63) is 0 Å². The van der Waals surface area contributed by atoms with Crippen molar-refractivity contribution >= 4 is 6.03 Å². The van der Waals surface area contributed by atoms with E-state index >= 15 is 0 Å². The van der Waals surface area contributed by atoms with Gasteiger partial charge in [-0.05, 0) is 39.8 Å². The second-order valence-electron chi connectivity index (χ2n) is 5.18. The van der Waals surface area contributed by atoms with Gasteiger partial charge in [-0.3, -0.25) is 0 Å². The largest absolute Gasteiger partial charge is 0.325 e. The number of carbonyl (C=O) groups excluding carboxylic acids is 1. The van der Waals surface area contributed by atoms with Gasteiger partial charge in [-0.25, -0.2) is 4.79 Å². The highest BCUT2D eigenvalue weighted by molar-refractivity contribution is 5.74. The van der Waals surface area contributed by atoms with E-state index in [1.165, 1.54) is 19.3 Å². The van der Waals surface area contributed by atoms with E-state index in [2.05, 4.69) is 19.0 Å². The Morgan fingerprint density at radius 3 is 2.31 bits per heavy atom. The molecule has 1 unspecified atom stereocenters. The van der Waals surface area contributed by atoms with Crippen LogP contribution in [0.3, 0.4) is 0 Å². The molecular weight excluding hydrogens is 202 g/mol. The number of rotatable bonds is 1. The molecule has 2 fully saturated rings. The highest BCUT2D eigenvalue weighted by Crippen LogP contribution is 2.17. The first-order valence-corrected chi connectivity index (χ1v) is 6.39. The fourth-order valence-corrected chi connectivity index (χ4v) is 2.62. The number of hydrogen-bond donors (Lipinski definition) is 0. The maximum atomic E-state index is 12.2. The van der Waals surface area contributed by atoms with E-state index in [1.807, 2.05) is 9.80 Å². The van der Waals surface area contributed by atoms with E-state index in [9.17, 15) is 4.79 Å². The van der Waals surface area contributed by atoms with Gasteiger partial charge in [-0.2, -0.15) is 0 Å². The van der Waals surface area contributed by atoms with Crippen LogP contribution in [-0.2, 0) is 0 Å². The van der Waals surface area contributed by atoms with Crippen molar-refractivity contribution in [3.63, 3.8) is 0 Å². The fraction of sp³-hybridized carbons (Fsp3) is 0.917. The van der Waals surface area contributed by atoms with Crippen molar-refractivity contribution in [1.29, 1.82) is 0 Å². The van der Waals surface area contributed by atoms with Crippen molar-refractivity contribution in [1.82, 2.24) is 14.7 Å². The summed E-state index contributed by atoms with van der Waals surface area (Å²) < 4.78 is 0. The summed E-state index contributed by atoms with van der Waals surface area (Å²) >= 11 is 0. The van der Waals surface area contributed by atoms with Gasteiger partial charge in [-0.1, -0.05) is 0 Å². The van der Waals surface area contributed by atoms with Crippen LogP contribution in [0, 0.1) is 0 Å². The van der Waals surface area contributed by atoms with Gasteiger partial charge in [0.15, 0.2) is 0 Å². The number of likely N-dealkylation sites (N-methyl/N-ethyl adjacent to an activating group) is 1. The number of urea groups is 1. The summed E-state index contributed by atoms with van der Waals surface area (Å²) in [6, 6.07) is 0.817. The van der Waals surface area contributed by atoms with E-state index in [1.54, 1.807) is 0 Å². The van der Waals surface area contributed by atoms with E-state index < -0.39 is 0 Å². The van der Waals surface area contributed by atoms with Gasteiger partial charge >= 0.3 is 6.03 Å². The number of carbonyl (C=O) groups is 1. The number of amides is 2. The van der Waals surface area contributed by atoms with Crippen LogP contribution in [0.15, 0.2) is 0 Å². The lowest BCUT2D eigenvalue weighted by molar-refractivity contribution is 0.149. The Kier molecular flexibility index (Phi) is 3.69. The Hall–Kier alpha value is -0.770. The van der Waals surface area contributed by atoms with Crippen molar-refractivity contribution in [2.24, 2.45) is 0 Å². The van der Waals surface area contributed by atoms with Gasteiger partial charge in [0.1, 0.15) is 0 Å². The van der Waals surface area contributed by atoms with Crippen LogP contribution >= 0.6 is 0 Å². The summed E-state index contributed by atoms with van der Waals surface area (Å²) in [4.78, 5) is 18.5. The predicted molar refractivity (Wildman–Crippen MR) is 64.5 cm³/mol. The lowest BCUT2D eigenvalue weighted by Crippen LogP contribution is -2.45. The zero-order valence-corrected chi connectivity index (χ0v) is 10.5. The van der Waals surface area contributed by atoms with Gasteiger partial charge in [0, 0.05) is 32.2 Å². The Labute approximate surface area is 98.2 Å². The molecule has 2 aliphatic heterocycles. The molecule has 2 rings (SSSR count). The molecule has 0 aliphatic carbocycles. The van der Waals surface area contributed by atoms with E-state index in [-0.39, 0.29) is 6.03 Å². The van der Waals surface area contributed by atoms with Gasteiger partial charge in [0.05, 0.1) is 0 Å². The van der Waals surface area contributed by atoms with Crippen molar-refractivity contribution < 1.29 is 4.79 Å². The zero-order chi connectivity index (χ0) is 11.5. The molecule has 0 radical (unpaired) electrons. The molecule has 2 saturated heterocycles. The summed E-state index contributed by atoms with van der Waals surface area (Å²) in [5, 5.41) is 0. The molecule has 2 aliphatic rings. The zero-order valence-electron chi connectivity index (χ0n) is 10.5. The quantitative estimate of drug-likeness (QED) is 0.671. The molecule has 0 spiro atoms. The van der Waals surface area contributed by atoms with Crippen LogP contribution in [0.2, 0.25) is 0 Å². The Balaban J connectivity index is 1.86. The average Bonchev–Trinajstić information content (AvgIpc) is 2.78. The van der Waals surface area contributed by atoms with Gasteiger partial charge in [-0.15, -0.1) is 0 Å². The standard InChI is InChI=1S/C12H23N3O/c1-13(2)11-6-9-15(10-11)12(16)14-7-4-3-5-8-14/h11H,3-10H2,1-2H3. The number of nitrogens with zero attached hydrogens (tertiary/aromatic N) is 3. The van der Waals surface area contributed by atoms with Crippen LogP contribution in [0.5, 0.6) is 0 Å². The smallest absolute Gasteiger partial charge is 0.320 e. The third-order valence-electron chi connectivity index (χ3n) is 3.79. The number of hydrogen-bond acceptors (Lipinski definition) is 2. The summed E-state index contributed by atoms with van der Waals surface area (Å²) in [6.07, 6.45) is 4.75. The molecule has 0 bridgehead atoms. The van der Waals surface area contributed by atoms with E-state index in [4.69, 9.17) is 0 Å². The third kappa shape index (κ3) is 2.48. The second kappa shape index (κ2) is 5.04. The monoisotopic (exact) mass is 225 g/mol. The molecule has 4 nitrogen and oxygen atoms in total. The first-order valence-electron chi connectivity index (χ1n) is 6.39. The third-order valence-corrected chi connectivity index (χ3v) is 3.79. The molecule has 16 heavy (non-hydrogen) atoms. The SMILES string of the molecule is CN(C)C1CCN(C(=O)N2CCCCC2)C1. The lowest BCUT2D eigenvalue weighted by Gasteiger charge is -2.31. The maximum absolute atomic E-state index is 12.2. The fourth-order valence-electron chi connectivity index (χ4n) is 2.62. The summed E-state index contributed by atoms with van der Waals surface area (Å²) in [5.74, 6) is 0. The molecule has 0 N–H and O–H groups in total. The second-order valence-corrected chi connectivity index (χ2v) is 5.18. The summed E-state index contributed by atoms with van der Waals surface area (Å²) in [5.41, 5.74) is 0. The summed E-state index contributed by atoms with van der Waals surface area (Å²) in [6.45, 7) is 3.75. The first kappa shape index (κ1) is 11.7. The molecule has 0 saturated carbocycles. The van der Waals surface area contributed by atoms with Gasteiger partial charge in [0.25, 0.3) is 0 Å². The molecule has 0 aromatic carbocycles. The Morgan fingerprint density at radius 2 is 1.75 bits per heavy atom. The first-order chi connectivity index (χ1) is 7.68. The van der Waals surface area contributed by atoms with Crippen LogP contribution < -0.4 is 0 Å². The summed E-state index contributed by atoms with van der Waals surface area (Å²) in [7, 11) is 4.19. The molecule has 0 aromatic rings. The highest BCUT2D eigenvalue weighted by atomic mass is 16.2. The van der Waals surface area contributed by atoms with Crippen LogP contribution in [0.25, 0.3) is 0 Å². The Bertz CT molecular complexity index is 249. The van der Waals surface area contributed by atoms with E-state index in [0.29, 0.717) is 6.04 Å². The minimum absolute atomic E-state index is 0.268. The molecule has 4 heteroatoms. The van der Waals surface area contributed by atoms with Crippen LogP contribution in [0.1, 0.15) is 25.7 Å². The molecular formula is C12H23N3O. The normalized spacial score (nSPS) is 26.6. The topological polar surface area (TPSA) is 26.8 Å². The van der Waals surface area contributed by atoms with Crippen LogP contribution in [-0.4, -0.2) is 67.0 Å². The van der Waals surface area contributed by atoms with Crippen LogP contribution in [0.4, 0.5) is 4.79 Å². The minimum atomic E-state index is 0.268. The van der Waals surface area contributed by atoms with Gasteiger partial charge in [0.2, 0.25) is 0 Å². The molecule has 0 aromatic heterocycles. The van der Waals surface area contributed by atoms with Crippen molar-refractivity contribution in [2.75, 3.05) is 40.3 Å². The molecule has 92 valence electrons. The lowest BCUT2D eigenvalue weighted by atomic mass is 10.1. The average molecular weight is 225 g/mol. The Morgan fingerprint density at radius 1 is 1.06 bits per heavy atom. The predicted octanol–water partition coefficient (Wildman–Crippen LogP) is 1.23. The van der Waals surface area contributed by atoms with Crippen molar-refractivity contribution in [2.45, 2.75) is 31.7 Å². The molecule has 2 heterocycles. The molecule has 2 amide bonds. The number of piperidine rings is 1. The van der Waals surface area contributed by atoms with Gasteiger partial charge < -0.3 is 14.7 Å². The van der Waals surface area contributed by atoms with E-state index in [0.717, 1.165) is 32.6 Å². The highest BCUT2D eigenvalue weighted by Gasteiger charge is 2.30. The maximum Gasteiger partial charge on any atom is 0.320 e. The van der Waals surface area contributed by atoms with Crippen molar-refractivity contribution in [3.8, 4) is 0 Å².